The van der Waals surface area contributed by atoms with E-state index in [4.69, 9.17) is 5.11 Å². The summed E-state index contributed by atoms with van der Waals surface area (Å²) >= 11 is 0. The molecule has 1 amide bonds. The molecule has 0 aliphatic carbocycles. The van der Waals surface area contributed by atoms with E-state index in [0.717, 1.165) is 24.9 Å². The van der Waals surface area contributed by atoms with Gasteiger partial charge in [0.15, 0.2) is 0 Å². The Balaban J connectivity index is 2.22. The highest BCUT2D eigenvalue weighted by molar-refractivity contribution is 5.88. The molecule has 1 aromatic carbocycles. The largest absolute Gasteiger partial charge is 0.478 e. The second kappa shape index (κ2) is 16.3. The van der Waals surface area contributed by atoms with Crippen molar-refractivity contribution in [2.75, 3.05) is 11.6 Å². The van der Waals surface area contributed by atoms with Crippen LogP contribution in [-0.2, 0) is 4.79 Å². The highest BCUT2D eigenvalue weighted by Crippen LogP contribution is 2.15. The van der Waals surface area contributed by atoms with Crippen LogP contribution in [0.3, 0.4) is 0 Å². The molecule has 0 bridgehead atoms. The molecule has 2 N–H and O–H groups in total. The third kappa shape index (κ3) is 12.2. The summed E-state index contributed by atoms with van der Waals surface area (Å²) in [4.78, 5) is 22.5. The van der Waals surface area contributed by atoms with Crippen LogP contribution in [0.5, 0.6) is 0 Å². The molecule has 0 saturated heterocycles. The zero-order valence-electron chi connectivity index (χ0n) is 18.7. The molecule has 0 radical (unpaired) electrons. The van der Waals surface area contributed by atoms with E-state index in [1.807, 2.05) is 0 Å². The van der Waals surface area contributed by atoms with Gasteiger partial charge in [0.05, 0.1) is 11.3 Å². The van der Waals surface area contributed by atoms with Gasteiger partial charge in [0, 0.05) is 26.3 Å². The molecule has 0 spiro atoms. The van der Waals surface area contributed by atoms with E-state index >= 15 is 0 Å². The van der Waals surface area contributed by atoms with Gasteiger partial charge in [0.2, 0.25) is 5.91 Å². The molecule has 0 heterocycles. The Morgan fingerprint density at radius 2 is 1.40 bits per heavy atom. The van der Waals surface area contributed by atoms with Gasteiger partial charge in [-0.25, -0.2) is 4.79 Å². The zero-order valence-corrected chi connectivity index (χ0v) is 18.7. The summed E-state index contributed by atoms with van der Waals surface area (Å²) in [5.74, 6) is 5.36. The van der Waals surface area contributed by atoms with Crippen LogP contribution in [0.25, 0.3) is 0 Å². The van der Waals surface area contributed by atoms with Gasteiger partial charge in [-0.15, -0.1) is 11.8 Å². The molecule has 166 valence electrons. The van der Waals surface area contributed by atoms with Gasteiger partial charge in [-0.05, 0) is 37.1 Å². The summed E-state index contributed by atoms with van der Waals surface area (Å²) in [6.07, 6.45) is 14.5. The number of carbonyl (C=O) groups is 2. The fraction of sp³-hybridized carbons (Fsp3) is 0.600. The average molecular weight is 415 g/mol. The van der Waals surface area contributed by atoms with E-state index in [2.05, 4.69) is 24.2 Å². The molecule has 0 fully saturated rings. The van der Waals surface area contributed by atoms with Gasteiger partial charge in [0.1, 0.15) is 0 Å². The first kappa shape index (κ1) is 25.6. The molecule has 0 atom stereocenters. The second-order valence-electron chi connectivity index (χ2n) is 7.71. The molecular weight excluding hydrogens is 376 g/mol. The van der Waals surface area contributed by atoms with Gasteiger partial charge >= 0.3 is 5.97 Å². The van der Waals surface area contributed by atoms with Crippen LogP contribution in [0.15, 0.2) is 24.3 Å². The molecule has 1 aromatic rings. The van der Waals surface area contributed by atoms with Gasteiger partial charge < -0.3 is 5.11 Å². The molecule has 0 aromatic heterocycles. The zero-order chi connectivity index (χ0) is 22.0. The second-order valence-corrected chi connectivity index (χ2v) is 7.71. The van der Waals surface area contributed by atoms with Crippen molar-refractivity contribution in [2.45, 2.75) is 90.9 Å². The first-order valence-corrected chi connectivity index (χ1v) is 11.4. The Hall–Kier alpha value is -2.48. The summed E-state index contributed by atoms with van der Waals surface area (Å²) in [6.45, 7) is 4.34. The monoisotopic (exact) mass is 414 g/mol. The van der Waals surface area contributed by atoms with Crippen molar-refractivity contribution >= 4 is 17.6 Å². The van der Waals surface area contributed by atoms with Crippen molar-refractivity contribution in [1.82, 2.24) is 5.43 Å². The number of nitrogens with one attached hydrogen (secondary N) is 1. The van der Waals surface area contributed by atoms with Gasteiger partial charge in [-0.3, -0.25) is 15.2 Å². The molecule has 0 unspecified atom stereocenters. The maximum absolute atomic E-state index is 11.5. The Kier molecular flexibility index (Phi) is 13.9. The highest BCUT2D eigenvalue weighted by atomic mass is 16.4. The summed E-state index contributed by atoms with van der Waals surface area (Å²) in [5, 5.41) is 10.8. The lowest BCUT2D eigenvalue weighted by atomic mass is 10.1. The number of carbonyl (C=O) groups excluding carboxylic acids is 1. The molecule has 0 aliphatic heterocycles. The SMILES string of the molecule is CCCCCCCCCCCC#CCCCN(NC(C)=O)c1ccc(C(=O)O)cc1. The summed E-state index contributed by atoms with van der Waals surface area (Å²) in [5.41, 5.74) is 3.78. The fourth-order valence-corrected chi connectivity index (χ4v) is 3.25. The predicted molar refractivity (Wildman–Crippen MR) is 123 cm³/mol. The molecule has 0 saturated carbocycles. The van der Waals surface area contributed by atoms with E-state index in [9.17, 15) is 9.59 Å². The Labute approximate surface area is 182 Å². The Morgan fingerprint density at radius 3 is 1.93 bits per heavy atom. The number of carboxylic acids is 1. The van der Waals surface area contributed by atoms with E-state index < -0.39 is 5.97 Å². The summed E-state index contributed by atoms with van der Waals surface area (Å²) in [6, 6.07) is 6.48. The van der Waals surface area contributed by atoms with Crippen molar-refractivity contribution in [3.8, 4) is 11.8 Å². The van der Waals surface area contributed by atoms with Crippen LogP contribution < -0.4 is 10.4 Å². The number of unbranched alkanes of at least 4 members (excludes halogenated alkanes) is 10. The van der Waals surface area contributed by atoms with Crippen molar-refractivity contribution < 1.29 is 14.7 Å². The smallest absolute Gasteiger partial charge is 0.335 e. The van der Waals surface area contributed by atoms with Crippen LogP contribution in [-0.4, -0.2) is 23.5 Å². The normalized spacial score (nSPS) is 10.2. The molecule has 1 rings (SSSR count). The van der Waals surface area contributed by atoms with Crippen LogP contribution in [0, 0.1) is 11.8 Å². The van der Waals surface area contributed by atoms with E-state index in [-0.39, 0.29) is 11.5 Å². The van der Waals surface area contributed by atoms with Crippen LogP contribution >= 0.6 is 0 Å². The topological polar surface area (TPSA) is 69.6 Å². The third-order valence-corrected chi connectivity index (χ3v) is 4.93. The number of benzene rings is 1. The van der Waals surface area contributed by atoms with Crippen molar-refractivity contribution in [1.29, 1.82) is 0 Å². The number of rotatable bonds is 15. The minimum atomic E-state index is -0.963. The number of amides is 1. The minimum absolute atomic E-state index is 0.159. The lowest BCUT2D eigenvalue weighted by Gasteiger charge is -2.24. The minimum Gasteiger partial charge on any atom is -0.478 e. The van der Waals surface area contributed by atoms with E-state index in [1.54, 1.807) is 17.1 Å². The summed E-state index contributed by atoms with van der Waals surface area (Å²) in [7, 11) is 0. The maximum atomic E-state index is 11.5. The average Bonchev–Trinajstić information content (AvgIpc) is 2.73. The number of aromatic carboxylic acids is 1. The number of hydrogen-bond donors (Lipinski definition) is 2. The van der Waals surface area contributed by atoms with Crippen LogP contribution in [0.2, 0.25) is 0 Å². The fourth-order valence-electron chi connectivity index (χ4n) is 3.25. The molecule has 0 aliphatic rings. The standard InChI is InChI=1S/C25H38N2O3/c1-3-4-5-6-7-8-9-10-11-12-13-14-15-16-21-27(26-22(2)28)24-19-17-23(18-20-24)25(29)30/h17-20H,3-12,15-16,21H2,1-2H3,(H,26,28)(H,29,30). The number of hydrogen-bond acceptors (Lipinski definition) is 3. The Morgan fingerprint density at radius 1 is 0.867 bits per heavy atom. The molecule has 5 nitrogen and oxygen atoms in total. The lowest BCUT2D eigenvalue weighted by Crippen LogP contribution is -2.41. The lowest BCUT2D eigenvalue weighted by molar-refractivity contribution is -0.119. The third-order valence-electron chi connectivity index (χ3n) is 4.93. The van der Waals surface area contributed by atoms with Crippen molar-refractivity contribution in [2.24, 2.45) is 0 Å². The van der Waals surface area contributed by atoms with E-state index in [0.29, 0.717) is 6.54 Å². The van der Waals surface area contributed by atoms with Crippen molar-refractivity contribution in [3.05, 3.63) is 29.8 Å². The predicted octanol–water partition coefficient (Wildman–Crippen LogP) is 5.95. The van der Waals surface area contributed by atoms with Gasteiger partial charge in [0.25, 0.3) is 0 Å². The Bertz CT molecular complexity index is 674. The van der Waals surface area contributed by atoms with Gasteiger partial charge in [-0.1, -0.05) is 58.3 Å². The highest BCUT2D eigenvalue weighted by Gasteiger charge is 2.09. The van der Waals surface area contributed by atoms with E-state index in [1.165, 1.54) is 76.8 Å². The number of anilines is 1. The van der Waals surface area contributed by atoms with Crippen LogP contribution in [0.1, 0.15) is 101 Å². The first-order chi connectivity index (χ1) is 14.5. The quantitative estimate of drug-likeness (QED) is 0.211. The molecular formula is C25H38N2O3. The number of hydrazine groups is 1. The van der Waals surface area contributed by atoms with Crippen molar-refractivity contribution in [3.63, 3.8) is 0 Å². The van der Waals surface area contributed by atoms with Crippen LogP contribution in [0.4, 0.5) is 5.69 Å². The molecule has 30 heavy (non-hydrogen) atoms. The number of carboxylic acid groups (broad SMARTS) is 1. The number of nitrogens with zero attached hydrogens (tertiary/aromatic N) is 1. The maximum Gasteiger partial charge on any atom is 0.335 e. The summed E-state index contributed by atoms with van der Waals surface area (Å²) < 4.78 is 0. The first-order valence-electron chi connectivity index (χ1n) is 11.4. The molecule has 5 heteroatoms. The van der Waals surface area contributed by atoms with Gasteiger partial charge in [-0.2, -0.15) is 0 Å².